The monoisotopic (exact) mass is 362 g/mol. The molecule has 0 amide bonds. The molecule has 3 nitrogen and oxygen atoms in total. The number of aliphatic hydroxyl groups is 2. The van der Waals surface area contributed by atoms with Crippen molar-refractivity contribution in [2.45, 2.75) is 102 Å². The summed E-state index contributed by atoms with van der Waals surface area (Å²) in [4.78, 5) is 0. The highest BCUT2D eigenvalue weighted by Gasteiger charge is 2.35. The molecule has 0 spiro atoms. The zero-order valence-corrected chi connectivity index (χ0v) is 18.6. The van der Waals surface area contributed by atoms with Gasteiger partial charge < -0.3 is 14.6 Å². The van der Waals surface area contributed by atoms with Crippen LogP contribution in [0.25, 0.3) is 0 Å². The first-order valence-electron chi connectivity index (χ1n) is 9.45. The number of hydrogen-bond donors (Lipinski definition) is 2. The Labute approximate surface area is 147 Å². The Morgan fingerprint density at radius 1 is 0.739 bits per heavy atom. The van der Waals surface area contributed by atoms with E-state index in [0.29, 0.717) is 13.2 Å². The lowest BCUT2D eigenvalue weighted by molar-refractivity contribution is 0.118. The van der Waals surface area contributed by atoms with Crippen LogP contribution in [0, 0.1) is 0 Å². The smallest absolute Gasteiger partial charge is 0.187 e. The minimum atomic E-state index is -1.62. The molecule has 0 atom stereocenters. The predicted octanol–water partition coefficient (Wildman–Crippen LogP) is 5.02. The Morgan fingerprint density at radius 3 is 1.70 bits per heavy atom. The van der Waals surface area contributed by atoms with Gasteiger partial charge in [-0.15, -0.1) is 0 Å². The lowest BCUT2D eigenvalue weighted by atomic mass is 10.2. The van der Waals surface area contributed by atoms with Crippen LogP contribution in [0.2, 0.25) is 44.3 Å². The number of unbranched alkanes of at least 4 members (excludes halogenated alkanes) is 4. The molecule has 0 aromatic carbocycles. The number of aliphatic hydroxyl groups excluding tert-OH is 2. The predicted molar refractivity (Wildman–Crippen MR) is 106 cm³/mol. The summed E-state index contributed by atoms with van der Waals surface area (Å²) < 4.78 is 6.64. The van der Waals surface area contributed by atoms with Gasteiger partial charge in [0, 0.05) is 18.8 Å². The van der Waals surface area contributed by atoms with Crippen LogP contribution < -0.4 is 0 Å². The minimum Gasteiger partial charge on any atom is -0.413 e. The summed E-state index contributed by atoms with van der Waals surface area (Å²) in [5, 5.41) is 17.8. The van der Waals surface area contributed by atoms with Crippen LogP contribution >= 0.6 is 0 Å². The average molecular weight is 363 g/mol. The van der Waals surface area contributed by atoms with Crippen molar-refractivity contribution in [2.24, 2.45) is 0 Å². The normalized spacial score (nSPS) is 13.6. The Hall–Kier alpha value is 0.314. The molecule has 0 aromatic rings. The van der Waals surface area contributed by atoms with Crippen LogP contribution in [0.5, 0.6) is 0 Å². The molecule has 0 unspecified atom stereocenters. The topological polar surface area (TPSA) is 49.7 Å². The lowest BCUT2D eigenvalue weighted by Gasteiger charge is -2.40. The van der Waals surface area contributed by atoms with E-state index in [0.717, 1.165) is 25.7 Å². The van der Waals surface area contributed by atoms with Crippen LogP contribution in [-0.4, -0.2) is 45.4 Å². The Morgan fingerprint density at radius 2 is 1.22 bits per heavy atom. The van der Waals surface area contributed by atoms with Crippen LogP contribution in [0.3, 0.4) is 0 Å². The maximum atomic E-state index is 8.90. The zero-order chi connectivity index (χ0) is 18.0. The average Bonchev–Trinajstić information content (AvgIpc) is 2.37. The Bertz CT molecular complexity index is 277. The summed E-state index contributed by atoms with van der Waals surface area (Å²) in [7, 11) is -2.87. The summed E-state index contributed by atoms with van der Waals surface area (Å²) in [6, 6.07) is 3.74. The van der Waals surface area contributed by atoms with Crippen molar-refractivity contribution < 1.29 is 14.6 Å². The second-order valence-electron chi connectivity index (χ2n) is 9.03. The van der Waals surface area contributed by atoms with Gasteiger partial charge in [0.25, 0.3) is 0 Å². The Balaban J connectivity index is 4.31. The van der Waals surface area contributed by atoms with E-state index in [1.54, 1.807) is 0 Å². The quantitative estimate of drug-likeness (QED) is 0.337. The maximum Gasteiger partial charge on any atom is 0.187 e. The Kier molecular flexibility index (Phi) is 11.2. The largest absolute Gasteiger partial charge is 0.413 e. The molecule has 0 fully saturated rings. The summed E-state index contributed by atoms with van der Waals surface area (Å²) >= 11 is 0. The van der Waals surface area contributed by atoms with E-state index in [4.69, 9.17) is 14.6 Å². The van der Waals surface area contributed by atoms with Crippen LogP contribution in [0.15, 0.2) is 0 Å². The van der Waals surface area contributed by atoms with E-state index in [2.05, 4.69) is 40.0 Å². The molecule has 140 valence electrons. The van der Waals surface area contributed by atoms with Crippen molar-refractivity contribution in [3.8, 4) is 0 Å². The van der Waals surface area contributed by atoms with Gasteiger partial charge in [-0.1, -0.05) is 44.8 Å². The third kappa shape index (κ3) is 13.3. The molecule has 0 aliphatic carbocycles. The van der Waals surface area contributed by atoms with Gasteiger partial charge in [-0.05, 0) is 51.9 Å². The molecule has 0 rings (SSSR count). The molecule has 0 saturated heterocycles. The summed E-state index contributed by atoms with van der Waals surface area (Å²) in [5.41, 5.74) is -0.0145. The van der Waals surface area contributed by atoms with E-state index in [1.807, 2.05) is 0 Å². The summed E-state index contributed by atoms with van der Waals surface area (Å²) in [6.07, 6.45) is 6.55. The van der Waals surface area contributed by atoms with Gasteiger partial charge in [-0.2, -0.15) is 0 Å². The molecule has 0 aliphatic heterocycles. The van der Waals surface area contributed by atoms with Crippen molar-refractivity contribution in [2.75, 3.05) is 13.2 Å². The fourth-order valence-corrected chi connectivity index (χ4v) is 10.5. The molecule has 2 N–H and O–H groups in total. The highest BCUT2D eigenvalue weighted by atomic mass is 28.4. The summed E-state index contributed by atoms with van der Waals surface area (Å²) in [5.74, 6) is 0. The van der Waals surface area contributed by atoms with E-state index < -0.39 is 16.4 Å². The number of rotatable bonds is 14. The van der Waals surface area contributed by atoms with Gasteiger partial charge in [0.2, 0.25) is 0 Å². The maximum absolute atomic E-state index is 8.90. The molecule has 0 bridgehead atoms. The first kappa shape index (κ1) is 23.3. The van der Waals surface area contributed by atoms with Crippen LogP contribution in [0.1, 0.15) is 52.4 Å². The molecule has 0 radical (unpaired) electrons. The second kappa shape index (κ2) is 11.0. The zero-order valence-electron chi connectivity index (χ0n) is 16.6. The van der Waals surface area contributed by atoms with Gasteiger partial charge in [0.1, 0.15) is 0 Å². The fraction of sp³-hybridized carbons (Fsp3) is 1.00. The van der Waals surface area contributed by atoms with E-state index in [-0.39, 0.29) is 5.60 Å². The third-order valence-electron chi connectivity index (χ3n) is 4.41. The fourth-order valence-electron chi connectivity index (χ4n) is 3.81. The molecule has 0 aromatic heterocycles. The van der Waals surface area contributed by atoms with Gasteiger partial charge >= 0.3 is 0 Å². The van der Waals surface area contributed by atoms with Crippen molar-refractivity contribution in [1.29, 1.82) is 0 Å². The van der Waals surface area contributed by atoms with E-state index in [1.165, 1.54) is 31.0 Å². The molecule has 0 aliphatic rings. The third-order valence-corrected chi connectivity index (χ3v) is 10.6. The number of hydrogen-bond acceptors (Lipinski definition) is 3. The first-order chi connectivity index (χ1) is 10.5. The molecule has 0 heterocycles. The lowest BCUT2D eigenvalue weighted by Crippen LogP contribution is -2.45. The standard InChI is InChI=1S/C18H42O3Si2/c1-18(2,17-22(3,4)15-11-7-9-13-19)21-23(5,6)16-12-8-10-14-20/h19-20H,7-17H2,1-6H3. The summed E-state index contributed by atoms with van der Waals surface area (Å²) in [6.45, 7) is 14.8. The van der Waals surface area contributed by atoms with Crippen molar-refractivity contribution >= 4 is 16.4 Å². The van der Waals surface area contributed by atoms with Crippen LogP contribution in [-0.2, 0) is 4.43 Å². The van der Waals surface area contributed by atoms with Crippen molar-refractivity contribution in [1.82, 2.24) is 0 Å². The van der Waals surface area contributed by atoms with Gasteiger partial charge in [-0.25, -0.2) is 0 Å². The molecule has 5 heteroatoms. The SMILES string of the molecule is CC(C)(C[Si](C)(C)CCCCCO)O[Si](C)(C)CCCCCO. The minimum absolute atomic E-state index is 0.0145. The van der Waals surface area contributed by atoms with Crippen molar-refractivity contribution in [3.63, 3.8) is 0 Å². The molecular weight excluding hydrogens is 320 g/mol. The first-order valence-corrected chi connectivity index (χ1v) is 16.0. The molecule has 0 saturated carbocycles. The van der Waals surface area contributed by atoms with E-state index in [9.17, 15) is 0 Å². The van der Waals surface area contributed by atoms with Crippen molar-refractivity contribution in [3.05, 3.63) is 0 Å². The second-order valence-corrected chi connectivity index (χ2v) is 18.4. The van der Waals surface area contributed by atoms with Gasteiger partial charge in [-0.3, -0.25) is 0 Å². The van der Waals surface area contributed by atoms with Gasteiger partial charge in [0.05, 0.1) is 8.07 Å². The highest BCUT2D eigenvalue weighted by Crippen LogP contribution is 2.32. The van der Waals surface area contributed by atoms with Gasteiger partial charge in [0.15, 0.2) is 8.32 Å². The highest BCUT2D eigenvalue weighted by molar-refractivity contribution is 6.77. The van der Waals surface area contributed by atoms with E-state index >= 15 is 0 Å². The van der Waals surface area contributed by atoms with Crippen LogP contribution in [0.4, 0.5) is 0 Å². The molecular formula is C18H42O3Si2. The molecule has 23 heavy (non-hydrogen) atoms.